The molecule has 2 aromatic heterocycles. The number of rotatable bonds is 6. The summed E-state index contributed by atoms with van der Waals surface area (Å²) in [5, 5.41) is 4.63. The molecule has 0 aliphatic rings. The van der Waals surface area contributed by atoms with E-state index in [0.717, 1.165) is 72.6 Å². The maximum Gasteiger partial charge on any atom is 0.145 e. The van der Waals surface area contributed by atoms with E-state index in [-0.39, 0.29) is 0 Å². The van der Waals surface area contributed by atoms with Crippen molar-refractivity contribution in [2.45, 2.75) is 0 Å². The second-order valence-corrected chi connectivity index (χ2v) is 14.2. The number of hydrogen-bond donors (Lipinski definition) is 0. The van der Waals surface area contributed by atoms with Crippen LogP contribution in [0.1, 0.15) is 0 Å². The fraction of sp³-hybridized carbons (Fsp3) is 0. The zero-order chi connectivity index (χ0) is 37.0. The maximum atomic E-state index is 5.24. The summed E-state index contributed by atoms with van der Waals surface area (Å²) in [4.78, 5) is 10.5. The van der Waals surface area contributed by atoms with Crippen LogP contribution >= 0.6 is 0 Å². The topological polar surface area (TPSA) is 35.6 Å². The van der Waals surface area contributed by atoms with E-state index in [1.807, 2.05) is 0 Å². The molecule has 0 aliphatic heterocycles. The summed E-state index contributed by atoms with van der Waals surface area (Å²) in [6.45, 7) is 0. The summed E-state index contributed by atoms with van der Waals surface area (Å²) >= 11 is 0. The molecule has 4 nitrogen and oxygen atoms in total. The van der Waals surface area contributed by atoms with Crippen LogP contribution in [0.3, 0.4) is 0 Å². The summed E-state index contributed by atoms with van der Waals surface area (Å²) in [6, 6.07) is 73.3. The van der Waals surface area contributed by atoms with Crippen molar-refractivity contribution in [2.24, 2.45) is 0 Å². The first-order chi connectivity index (χ1) is 27.8. The Bertz CT molecular complexity index is 3040. The number of para-hydroxylation sites is 4. The largest absolute Gasteiger partial charge is 0.292 e. The van der Waals surface area contributed by atoms with Crippen LogP contribution < -0.4 is 0 Å². The lowest BCUT2D eigenvalue weighted by Gasteiger charge is -2.20. The van der Waals surface area contributed by atoms with Gasteiger partial charge in [-0.05, 0) is 75.5 Å². The van der Waals surface area contributed by atoms with Crippen molar-refractivity contribution in [3.8, 4) is 56.4 Å². The third-order valence-electron chi connectivity index (χ3n) is 10.9. The van der Waals surface area contributed by atoms with E-state index in [4.69, 9.17) is 9.97 Å². The monoisotopic (exact) mass is 714 g/mol. The van der Waals surface area contributed by atoms with E-state index in [1.54, 1.807) is 0 Å². The molecule has 0 N–H and O–H groups in total. The molecule has 262 valence electrons. The zero-order valence-corrected chi connectivity index (χ0v) is 30.4. The molecular weight excluding hydrogens is 681 g/mol. The van der Waals surface area contributed by atoms with Crippen LogP contribution in [-0.4, -0.2) is 19.1 Å². The molecule has 0 amide bonds. The van der Waals surface area contributed by atoms with Crippen LogP contribution in [0.15, 0.2) is 206 Å². The van der Waals surface area contributed by atoms with Gasteiger partial charge in [0, 0.05) is 21.9 Å². The molecule has 2 heterocycles. The van der Waals surface area contributed by atoms with Crippen molar-refractivity contribution >= 4 is 43.6 Å². The van der Waals surface area contributed by atoms with E-state index in [9.17, 15) is 0 Å². The van der Waals surface area contributed by atoms with Gasteiger partial charge in [-0.2, -0.15) is 0 Å². The predicted octanol–water partition coefficient (Wildman–Crippen LogP) is 13.3. The van der Waals surface area contributed by atoms with Crippen LogP contribution in [0.4, 0.5) is 0 Å². The molecule has 0 saturated heterocycles. The number of benzene rings is 9. The molecule has 0 aliphatic carbocycles. The van der Waals surface area contributed by atoms with Gasteiger partial charge in [-0.1, -0.05) is 164 Å². The van der Waals surface area contributed by atoms with Gasteiger partial charge < -0.3 is 0 Å². The van der Waals surface area contributed by atoms with Crippen LogP contribution in [-0.2, 0) is 0 Å². The van der Waals surface area contributed by atoms with Crippen molar-refractivity contribution < 1.29 is 0 Å². The number of nitrogens with zero attached hydrogens (tertiary/aromatic N) is 4. The van der Waals surface area contributed by atoms with Gasteiger partial charge in [-0.3, -0.25) is 9.13 Å². The normalized spacial score (nSPS) is 11.6. The number of fused-ring (bicyclic) bond motifs is 4. The molecular formula is C52H34N4. The van der Waals surface area contributed by atoms with Gasteiger partial charge in [0.25, 0.3) is 0 Å². The molecule has 11 aromatic rings. The van der Waals surface area contributed by atoms with Crippen LogP contribution in [0.25, 0.3) is 100 Å². The first-order valence-corrected chi connectivity index (χ1v) is 19.0. The van der Waals surface area contributed by atoms with Gasteiger partial charge in [-0.15, -0.1) is 0 Å². The third kappa shape index (κ3) is 5.15. The molecule has 0 saturated carbocycles. The van der Waals surface area contributed by atoms with Gasteiger partial charge in [0.15, 0.2) is 0 Å². The minimum Gasteiger partial charge on any atom is -0.292 e. The summed E-state index contributed by atoms with van der Waals surface area (Å²) in [5.41, 5.74) is 13.1. The predicted molar refractivity (Wildman–Crippen MR) is 232 cm³/mol. The lowest BCUT2D eigenvalue weighted by atomic mass is 9.89. The quantitative estimate of drug-likeness (QED) is 0.161. The van der Waals surface area contributed by atoms with E-state index in [0.29, 0.717) is 0 Å². The minimum atomic E-state index is 0.911. The fourth-order valence-electron chi connectivity index (χ4n) is 8.40. The van der Waals surface area contributed by atoms with Crippen molar-refractivity contribution in [3.05, 3.63) is 206 Å². The molecule has 56 heavy (non-hydrogen) atoms. The second-order valence-electron chi connectivity index (χ2n) is 14.2. The zero-order valence-electron chi connectivity index (χ0n) is 30.4. The van der Waals surface area contributed by atoms with Crippen molar-refractivity contribution in [1.82, 2.24) is 19.1 Å². The summed E-state index contributed by atoms with van der Waals surface area (Å²) < 4.78 is 4.68. The van der Waals surface area contributed by atoms with Crippen LogP contribution in [0.5, 0.6) is 0 Å². The van der Waals surface area contributed by atoms with Gasteiger partial charge in [0.05, 0.1) is 33.4 Å². The first-order valence-electron chi connectivity index (χ1n) is 19.0. The highest BCUT2D eigenvalue weighted by atomic mass is 15.1. The van der Waals surface area contributed by atoms with E-state index < -0.39 is 0 Å². The highest BCUT2D eigenvalue weighted by molar-refractivity contribution is 6.17. The van der Waals surface area contributed by atoms with Gasteiger partial charge in [-0.25, -0.2) is 9.97 Å². The first kappa shape index (κ1) is 31.9. The van der Waals surface area contributed by atoms with E-state index in [2.05, 4.69) is 215 Å². The highest BCUT2D eigenvalue weighted by Crippen LogP contribution is 2.43. The van der Waals surface area contributed by atoms with E-state index >= 15 is 0 Å². The summed E-state index contributed by atoms with van der Waals surface area (Å²) in [7, 11) is 0. The Morgan fingerprint density at radius 2 is 0.679 bits per heavy atom. The molecule has 4 heteroatoms. The highest BCUT2D eigenvalue weighted by Gasteiger charge is 2.22. The Balaban J connectivity index is 1.26. The molecule has 9 aromatic carbocycles. The number of imidazole rings is 2. The van der Waals surface area contributed by atoms with Gasteiger partial charge >= 0.3 is 0 Å². The molecule has 0 unspecified atom stereocenters. The third-order valence-corrected chi connectivity index (χ3v) is 10.9. The number of hydrogen-bond acceptors (Lipinski definition) is 2. The van der Waals surface area contributed by atoms with Crippen molar-refractivity contribution in [1.29, 1.82) is 0 Å². The van der Waals surface area contributed by atoms with E-state index in [1.165, 1.54) is 27.5 Å². The smallest absolute Gasteiger partial charge is 0.145 e. The molecule has 0 spiro atoms. The van der Waals surface area contributed by atoms with Crippen molar-refractivity contribution in [3.63, 3.8) is 0 Å². The fourth-order valence-corrected chi connectivity index (χ4v) is 8.40. The molecule has 0 bridgehead atoms. The average Bonchev–Trinajstić information content (AvgIpc) is 3.86. The minimum absolute atomic E-state index is 0.911. The number of aromatic nitrogens is 4. The SMILES string of the molecule is c1ccc(-c2ccc(-c3c4cccc(-n5c(-c6ccccc6)nc6ccccc65)c4cc4c(-n5c(-c6ccccc6)nc6ccccc65)cccc34)cc2)cc1. The Morgan fingerprint density at radius 1 is 0.286 bits per heavy atom. The lowest BCUT2D eigenvalue weighted by Crippen LogP contribution is -2.01. The summed E-state index contributed by atoms with van der Waals surface area (Å²) in [5.74, 6) is 1.82. The van der Waals surface area contributed by atoms with Crippen LogP contribution in [0.2, 0.25) is 0 Å². The van der Waals surface area contributed by atoms with Crippen molar-refractivity contribution in [2.75, 3.05) is 0 Å². The Morgan fingerprint density at radius 3 is 1.16 bits per heavy atom. The molecule has 0 atom stereocenters. The lowest BCUT2D eigenvalue weighted by molar-refractivity contribution is 1.11. The molecule has 0 radical (unpaired) electrons. The van der Waals surface area contributed by atoms with Gasteiger partial charge in [0.1, 0.15) is 11.6 Å². The molecule has 0 fully saturated rings. The maximum absolute atomic E-state index is 5.24. The summed E-state index contributed by atoms with van der Waals surface area (Å²) in [6.07, 6.45) is 0. The van der Waals surface area contributed by atoms with Crippen LogP contribution in [0, 0.1) is 0 Å². The second kappa shape index (κ2) is 13.1. The Labute approximate surface area is 324 Å². The van der Waals surface area contributed by atoms with Gasteiger partial charge in [0.2, 0.25) is 0 Å². The standard InChI is InChI=1S/C52H34N4/c1-4-16-35(17-5-1)36-30-32-37(33-31-36)50-40-22-14-28-46(55-48-26-12-10-24-44(48)53-51(55)38-18-6-2-7-19-38)42(40)34-43-41(50)23-15-29-47(43)56-49-27-13-11-25-45(49)54-52(56)39-20-8-3-9-21-39/h1-34H. The molecule has 11 rings (SSSR count). The average molecular weight is 715 g/mol. The Kier molecular flexibility index (Phi) is 7.46. The Hall–Kier alpha value is -7.56.